The van der Waals surface area contributed by atoms with Crippen LogP contribution >= 0.6 is 0 Å². The minimum absolute atomic E-state index is 0.302. The lowest BCUT2D eigenvalue weighted by Crippen LogP contribution is -1.92. The molecule has 0 aromatic heterocycles. The Labute approximate surface area is 112 Å². The van der Waals surface area contributed by atoms with E-state index in [1.807, 2.05) is 60.7 Å². The number of rotatable bonds is 1. The third kappa shape index (κ3) is 2.78. The van der Waals surface area contributed by atoms with Crippen LogP contribution in [0, 0.1) is 11.8 Å². The van der Waals surface area contributed by atoms with Crippen LogP contribution in [-0.4, -0.2) is 6.79 Å². The maximum Gasteiger partial charge on any atom is 0.231 e. The van der Waals surface area contributed by atoms with Crippen LogP contribution in [0.4, 0.5) is 0 Å². The van der Waals surface area contributed by atoms with E-state index >= 15 is 0 Å². The Morgan fingerprint density at radius 2 is 1.79 bits per heavy atom. The minimum atomic E-state index is 0.302. The first-order valence-corrected chi connectivity index (χ1v) is 6.04. The smallest absolute Gasteiger partial charge is 0.231 e. The van der Waals surface area contributed by atoms with Gasteiger partial charge in [0.25, 0.3) is 0 Å². The van der Waals surface area contributed by atoms with E-state index in [0.717, 1.165) is 22.6 Å². The second kappa shape index (κ2) is 5.32. The van der Waals surface area contributed by atoms with Gasteiger partial charge in [-0.2, -0.15) is 0 Å². The van der Waals surface area contributed by atoms with Gasteiger partial charge >= 0.3 is 0 Å². The molecule has 1 heterocycles. The molecule has 0 aliphatic carbocycles. The first-order valence-electron chi connectivity index (χ1n) is 6.04. The molecule has 0 bridgehead atoms. The number of hydrogen-bond acceptors (Lipinski definition) is 2. The Hall–Kier alpha value is -2.66. The number of fused-ring (bicyclic) bond motifs is 1. The highest BCUT2D eigenvalue weighted by atomic mass is 16.7. The van der Waals surface area contributed by atoms with Crippen molar-refractivity contribution in [3.63, 3.8) is 0 Å². The largest absolute Gasteiger partial charge is 0.454 e. The van der Waals surface area contributed by atoms with Gasteiger partial charge < -0.3 is 9.47 Å². The van der Waals surface area contributed by atoms with Gasteiger partial charge in [-0.3, -0.25) is 0 Å². The van der Waals surface area contributed by atoms with Crippen molar-refractivity contribution in [2.24, 2.45) is 0 Å². The monoisotopic (exact) mass is 248 g/mol. The summed E-state index contributed by atoms with van der Waals surface area (Å²) in [6, 6.07) is 15.7. The SMILES string of the molecule is C(#Cc1ccccc1)/C=C/c1ccc2c(c1)OCO2. The van der Waals surface area contributed by atoms with Gasteiger partial charge in [0, 0.05) is 5.56 Å². The second-order valence-corrected chi connectivity index (χ2v) is 4.08. The van der Waals surface area contributed by atoms with Crippen molar-refractivity contribution in [3.05, 3.63) is 65.7 Å². The van der Waals surface area contributed by atoms with E-state index in [9.17, 15) is 0 Å². The molecule has 0 unspecified atom stereocenters. The zero-order valence-electron chi connectivity index (χ0n) is 10.3. The highest BCUT2D eigenvalue weighted by molar-refractivity contribution is 5.58. The van der Waals surface area contributed by atoms with E-state index in [1.54, 1.807) is 0 Å². The summed E-state index contributed by atoms with van der Waals surface area (Å²) in [5.41, 5.74) is 2.06. The predicted octanol–water partition coefficient (Wildman–Crippen LogP) is 3.48. The summed E-state index contributed by atoms with van der Waals surface area (Å²) in [6.07, 6.45) is 3.79. The third-order valence-electron chi connectivity index (χ3n) is 2.75. The standard InChI is InChI=1S/C17H12O2/c1-2-6-14(7-3-1)8-4-5-9-15-10-11-16-17(12-15)19-13-18-16/h1-3,5-7,9-12H,13H2/b9-5+. The fourth-order valence-corrected chi connectivity index (χ4v) is 1.80. The van der Waals surface area contributed by atoms with Gasteiger partial charge in [0.2, 0.25) is 6.79 Å². The predicted molar refractivity (Wildman–Crippen MR) is 74.9 cm³/mol. The van der Waals surface area contributed by atoms with Gasteiger partial charge in [0.1, 0.15) is 0 Å². The van der Waals surface area contributed by atoms with Crippen LogP contribution in [0.15, 0.2) is 54.6 Å². The highest BCUT2D eigenvalue weighted by Gasteiger charge is 2.11. The van der Waals surface area contributed by atoms with Crippen LogP contribution in [0.25, 0.3) is 6.08 Å². The molecule has 0 saturated heterocycles. The quantitative estimate of drug-likeness (QED) is 0.719. The summed E-state index contributed by atoms with van der Waals surface area (Å²) in [6.45, 7) is 0.302. The van der Waals surface area contributed by atoms with Crippen LogP contribution < -0.4 is 9.47 Å². The van der Waals surface area contributed by atoms with E-state index in [-0.39, 0.29) is 0 Å². The molecule has 2 aromatic carbocycles. The zero-order valence-corrected chi connectivity index (χ0v) is 10.3. The number of hydrogen-bond donors (Lipinski definition) is 0. The van der Waals surface area contributed by atoms with Crippen LogP contribution in [-0.2, 0) is 0 Å². The molecule has 3 rings (SSSR count). The molecule has 2 heteroatoms. The van der Waals surface area contributed by atoms with Gasteiger partial charge in [-0.15, -0.1) is 0 Å². The fraction of sp³-hybridized carbons (Fsp3) is 0.0588. The van der Waals surface area contributed by atoms with Crippen molar-refractivity contribution in [1.29, 1.82) is 0 Å². The van der Waals surface area contributed by atoms with Crippen molar-refractivity contribution in [3.8, 4) is 23.3 Å². The molecule has 2 aromatic rings. The lowest BCUT2D eigenvalue weighted by Gasteiger charge is -1.96. The van der Waals surface area contributed by atoms with Crippen molar-refractivity contribution in [1.82, 2.24) is 0 Å². The Balaban J connectivity index is 1.72. The average Bonchev–Trinajstić information content (AvgIpc) is 2.92. The van der Waals surface area contributed by atoms with Gasteiger partial charge in [0.15, 0.2) is 11.5 Å². The van der Waals surface area contributed by atoms with Crippen LogP contribution in [0.2, 0.25) is 0 Å². The molecule has 92 valence electrons. The third-order valence-corrected chi connectivity index (χ3v) is 2.75. The van der Waals surface area contributed by atoms with E-state index in [0.29, 0.717) is 6.79 Å². The lowest BCUT2D eigenvalue weighted by atomic mass is 10.2. The average molecular weight is 248 g/mol. The van der Waals surface area contributed by atoms with Crippen molar-refractivity contribution < 1.29 is 9.47 Å². The lowest BCUT2D eigenvalue weighted by molar-refractivity contribution is 0.174. The summed E-state index contributed by atoms with van der Waals surface area (Å²) < 4.78 is 10.6. The normalized spacial score (nSPS) is 12.2. The van der Waals surface area contributed by atoms with E-state index in [2.05, 4.69) is 11.8 Å². The topological polar surface area (TPSA) is 18.5 Å². The van der Waals surface area contributed by atoms with Gasteiger partial charge in [-0.05, 0) is 42.0 Å². The van der Waals surface area contributed by atoms with Gasteiger partial charge in [-0.25, -0.2) is 0 Å². The number of ether oxygens (including phenoxy) is 2. The summed E-state index contributed by atoms with van der Waals surface area (Å²) in [5.74, 6) is 7.68. The number of allylic oxidation sites excluding steroid dienone is 1. The molecule has 0 atom stereocenters. The Morgan fingerprint density at radius 1 is 0.947 bits per heavy atom. The fourth-order valence-electron chi connectivity index (χ4n) is 1.80. The van der Waals surface area contributed by atoms with Crippen LogP contribution in [0.1, 0.15) is 11.1 Å². The summed E-state index contributed by atoms with van der Waals surface area (Å²) in [5, 5.41) is 0. The Bertz CT molecular complexity index is 661. The molecule has 1 aliphatic rings. The molecule has 1 aliphatic heterocycles. The first kappa shape index (κ1) is 11.4. The van der Waals surface area contributed by atoms with Gasteiger partial charge in [-0.1, -0.05) is 36.1 Å². The molecule has 0 saturated carbocycles. The molecular formula is C17H12O2. The molecule has 0 fully saturated rings. The Morgan fingerprint density at radius 3 is 2.68 bits per heavy atom. The van der Waals surface area contributed by atoms with Crippen molar-refractivity contribution >= 4 is 6.08 Å². The van der Waals surface area contributed by atoms with Crippen LogP contribution in [0.3, 0.4) is 0 Å². The van der Waals surface area contributed by atoms with Crippen LogP contribution in [0.5, 0.6) is 11.5 Å². The second-order valence-electron chi connectivity index (χ2n) is 4.08. The summed E-state index contributed by atoms with van der Waals surface area (Å²) >= 11 is 0. The van der Waals surface area contributed by atoms with Crippen molar-refractivity contribution in [2.75, 3.05) is 6.79 Å². The van der Waals surface area contributed by atoms with E-state index in [4.69, 9.17) is 9.47 Å². The minimum Gasteiger partial charge on any atom is -0.454 e. The Kier molecular flexibility index (Phi) is 3.20. The summed E-state index contributed by atoms with van der Waals surface area (Å²) in [4.78, 5) is 0. The van der Waals surface area contributed by atoms with E-state index < -0.39 is 0 Å². The molecule has 2 nitrogen and oxygen atoms in total. The zero-order chi connectivity index (χ0) is 12.9. The maximum atomic E-state index is 5.32. The van der Waals surface area contributed by atoms with Crippen molar-refractivity contribution in [2.45, 2.75) is 0 Å². The molecule has 0 N–H and O–H groups in total. The molecule has 19 heavy (non-hydrogen) atoms. The molecule has 0 radical (unpaired) electrons. The highest BCUT2D eigenvalue weighted by Crippen LogP contribution is 2.32. The number of benzene rings is 2. The maximum absolute atomic E-state index is 5.32. The molecule has 0 amide bonds. The first-order chi connectivity index (χ1) is 9.42. The van der Waals surface area contributed by atoms with E-state index in [1.165, 1.54) is 0 Å². The summed E-state index contributed by atoms with van der Waals surface area (Å²) in [7, 11) is 0. The molecule has 0 spiro atoms. The van der Waals surface area contributed by atoms with Gasteiger partial charge in [0.05, 0.1) is 0 Å². The molecular weight excluding hydrogens is 236 g/mol.